The summed E-state index contributed by atoms with van der Waals surface area (Å²) in [5.74, 6) is 0. The lowest BCUT2D eigenvalue weighted by atomic mass is 9.97. The number of halogens is 1. The number of hydrogen-bond acceptors (Lipinski definition) is 1. The van der Waals surface area contributed by atoms with Gasteiger partial charge < -0.3 is 9.96 Å². The summed E-state index contributed by atoms with van der Waals surface area (Å²) in [5, 5.41) is 0. The lowest BCUT2D eigenvalue weighted by Gasteiger charge is -1.67. The van der Waals surface area contributed by atoms with Crippen LogP contribution in [0.25, 0.3) is 0 Å². The van der Waals surface area contributed by atoms with Gasteiger partial charge in [-0.15, -0.1) is 0 Å². The largest absolute Gasteiger partial charge is 0.422 e. The van der Waals surface area contributed by atoms with E-state index in [4.69, 9.17) is 0 Å². The van der Waals surface area contributed by atoms with E-state index in [9.17, 15) is 4.32 Å². The third-order valence-electron chi connectivity index (χ3n) is 0. The molecule has 3 heteroatoms. The first-order valence-electron chi connectivity index (χ1n) is 1.13. The van der Waals surface area contributed by atoms with Crippen LogP contribution in [0.4, 0.5) is 4.32 Å². The van der Waals surface area contributed by atoms with Crippen LogP contribution in [0.1, 0.15) is 0 Å². The van der Waals surface area contributed by atoms with Crippen molar-refractivity contribution < 1.29 is 4.32 Å². The predicted octanol–water partition coefficient (Wildman–Crippen LogP) is 0.0326. The van der Waals surface area contributed by atoms with Crippen LogP contribution in [0.2, 0.25) is 6.82 Å². The van der Waals surface area contributed by atoms with Gasteiger partial charge in [-0.1, -0.05) is 0 Å². The molecule has 24 valence electrons. The number of rotatable bonds is 0. The van der Waals surface area contributed by atoms with E-state index in [-0.39, 0.29) is 0 Å². The molecule has 0 radical (unpaired) electrons. The number of hydrogen-bond donors (Lipinski definition) is 1. The molecule has 0 amide bonds. The van der Waals surface area contributed by atoms with Crippen molar-refractivity contribution in [2.24, 2.45) is 5.64 Å². The van der Waals surface area contributed by atoms with Crippen molar-refractivity contribution in [3.63, 3.8) is 0 Å². The van der Waals surface area contributed by atoms with E-state index in [0.717, 1.165) is 0 Å². The quantitative estimate of drug-likeness (QED) is 0.393. The molecule has 0 fully saturated rings. The topological polar surface area (TPSA) is 26.0 Å². The molecule has 0 saturated carbocycles. The van der Waals surface area contributed by atoms with E-state index >= 15 is 0 Å². The first-order chi connectivity index (χ1) is 1.73. The summed E-state index contributed by atoms with van der Waals surface area (Å²) in [5.41, 5.74) is 4.44. The molecule has 0 aromatic carbocycles. The molecule has 0 aliphatic rings. The van der Waals surface area contributed by atoms with Gasteiger partial charge >= 0.3 is 7.12 Å². The Labute approximate surface area is 25.1 Å². The SMILES string of the molecule is CB(N)F. The standard InChI is InChI=1S/CH5BFN/c1-2(3)4/h4H2,1H3. The summed E-state index contributed by atoms with van der Waals surface area (Å²) in [7, 11) is -1.17. The average Bonchev–Trinajstić information content (AvgIpc) is 0.811. The zero-order valence-electron chi connectivity index (χ0n) is 2.53. The van der Waals surface area contributed by atoms with E-state index in [1.54, 1.807) is 0 Å². The van der Waals surface area contributed by atoms with Gasteiger partial charge in [-0.2, -0.15) is 0 Å². The molecule has 0 aliphatic carbocycles. The summed E-state index contributed by atoms with van der Waals surface area (Å²) in [6.45, 7) is 1.28. The van der Waals surface area contributed by atoms with Crippen LogP contribution >= 0.6 is 0 Å². The molecular formula is CH5BFN. The second-order valence-electron chi connectivity index (χ2n) is 0.678. The fraction of sp³-hybridized carbons (Fsp3) is 1.00. The van der Waals surface area contributed by atoms with Crippen molar-refractivity contribution in [3.05, 3.63) is 0 Å². The maximum absolute atomic E-state index is 10.8. The van der Waals surface area contributed by atoms with E-state index in [0.29, 0.717) is 0 Å². The zero-order chi connectivity index (χ0) is 3.58. The molecule has 0 spiro atoms. The fourth-order valence-electron chi connectivity index (χ4n) is 0. The number of nitrogens with two attached hydrogens (primary N) is 1. The summed E-state index contributed by atoms with van der Waals surface area (Å²) < 4.78 is 10.8. The Bertz CT molecular complexity index is 12.8. The first-order valence-corrected chi connectivity index (χ1v) is 1.13. The summed E-state index contributed by atoms with van der Waals surface area (Å²) in [6.07, 6.45) is 0. The smallest absolute Gasteiger partial charge is 0.341 e. The fourth-order valence-corrected chi connectivity index (χ4v) is 0. The maximum atomic E-state index is 10.8. The van der Waals surface area contributed by atoms with Crippen LogP contribution in [0.15, 0.2) is 0 Å². The third-order valence-corrected chi connectivity index (χ3v) is 0. The molecule has 0 aromatic heterocycles. The lowest BCUT2D eigenvalue weighted by Crippen LogP contribution is -2.12. The van der Waals surface area contributed by atoms with Gasteiger partial charge in [0.2, 0.25) is 0 Å². The van der Waals surface area contributed by atoms with Gasteiger partial charge in [-0.05, 0) is 6.82 Å². The summed E-state index contributed by atoms with van der Waals surface area (Å²) in [6, 6.07) is 0. The first kappa shape index (κ1) is 3.95. The van der Waals surface area contributed by atoms with Gasteiger partial charge in [-0.25, -0.2) is 0 Å². The Morgan fingerprint density at radius 1 is 2.00 bits per heavy atom. The highest BCUT2D eigenvalue weighted by molar-refractivity contribution is 6.45. The highest BCUT2D eigenvalue weighted by Gasteiger charge is 1.86. The van der Waals surface area contributed by atoms with Crippen LogP contribution in [0.5, 0.6) is 0 Å². The van der Waals surface area contributed by atoms with Gasteiger partial charge in [0, 0.05) is 0 Å². The van der Waals surface area contributed by atoms with Crippen molar-refractivity contribution >= 4 is 7.12 Å². The lowest BCUT2D eigenvalue weighted by molar-refractivity contribution is 0.837. The van der Waals surface area contributed by atoms with Crippen LogP contribution in [-0.4, -0.2) is 7.12 Å². The van der Waals surface area contributed by atoms with Gasteiger partial charge in [0.05, 0.1) is 0 Å². The normalized spacial score (nSPS) is 6.75. The van der Waals surface area contributed by atoms with E-state index in [1.807, 2.05) is 0 Å². The van der Waals surface area contributed by atoms with Crippen LogP contribution < -0.4 is 5.64 Å². The van der Waals surface area contributed by atoms with Crippen LogP contribution in [0.3, 0.4) is 0 Å². The van der Waals surface area contributed by atoms with E-state index < -0.39 is 7.12 Å². The van der Waals surface area contributed by atoms with Crippen molar-refractivity contribution in [2.75, 3.05) is 0 Å². The average molecular weight is 60.9 g/mol. The molecule has 0 unspecified atom stereocenters. The van der Waals surface area contributed by atoms with E-state index in [2.05, 4.69) is 5.64 Å². The molecule has 0 saturated heterocycles. The zero-order valence-corrected chi connectivity index (χ0v) is 2.53. The van der Waals surface area contributed by atoms with Gasteiger partial charge in [-0.3, -0.25) is 0 Å². The molecule has 2 N–H and O–H groups in total. The highest BCUT2D eigenvalue weighted by atomic mass is 19.1. The summed E-state index contributed by atoms with van der Waals surface area (Å²) >= 11 is 0. The maximum Gasteiger partial charge on any atom is 0.422 e. The van der Waals surface area contributed by atoms with Crippen LogP contribution in [-0.2, 0) is 0 Å². The van der Waals surface area contributed by atoms with Gasteiger partial charge in [0.1, 0.15) is 0 Å². The monoisotopic (exact) mass is 61.0 g/mol. The van der Waals surface area contributed by atoms with Gasteiger partial charge in [0.15, 0.2) is 0 Å². The second kappa shape index (κ2) is 1.29. The third kappa shape index (κ3) is 878. The highest BCUT2D eigenvalue weighted by Crippen LogP contribution is 1.59. The molecule has 0 rings (SSSR count). The molecule has 0 atom stereocenters. The summed E-state index contributed by atoms with van der Waals surface area (Å²) in [4.78, 5) is 0. The molecule has 0 aromatic rings. The minimum atomic E-state index is -1.17. The van der Waals surface area contributed by atoms with Crippen molar-refractivity contribution in [3.8, 4) is 0 Å². The molecule has 0 bridgehead atoms. The van der Waals surface area contributed by atoms with Gasteiger partial charge in [0.25, 0.3) is 0 Å². The minimum absolute atomic E-state index is 1.17. The predicted molar refractivity (Wildman–Crippen MR) is 16.9 cm³/mol. The Morgan fingerprint density at radius 2 is 2.00 bits per heavy atom. The molecular weight excluding hydrogens is 55.8 g/mol. The molecule has 0 aliphatic heterocycles. The second-order valence-corrected chi connectivity index (χ2v) is 0.678. The van der Waals surface area contributed by atoms with E-state index in [1.165, 1.54) is 6.82 Å². The minimum Gasteiger partial charge on any atom is -0.341 e. The Balaban J connectivity index is 2.32. The van der Waals surface area contributed by atoms with Crippen molar-refractivity contribution in [1.29, 1.82) is 0 Å². The molecule has 0 heterocycles. The molecule has 4 heavy (non-hydrogen) atoms. The van der Waals surface area contributed by atoms with Crippen LogP contribution in [0, 0.1) is 0 Å². The van der Waals surface area contributed by atoms with Crippen molar-refractivity contribution in [1.82, 2.24) is 0 Å². The molecule has 1 nitrogen and oxygen atoms in total. The Kier molecular flexibility index (Phi) is 1.28. The Morgan fingerprint density at radius 3 is 2.00 bits per heavy atom. The van der Waals surface area contributed by atoms with Crippen molar-refractivity contribution in [2.45, 2.75) is 6.82 Å². The Hall–Kier alpha value is -0.0451.